The fourth-order valence-corrected chi connectivity index (χ4v) is 2.30. The Bertz CT molecular complexity index is 671. The second-order valence-electron chi connectivity index (χ2n) is 6.02. The first-order valence-electron chi connectivity index (χ1n) is 8.20. The zero-order valence-electron chi connectivity index (χ0n) is 14.5. The molecule has 0 atom stereocenters. The number of carbonyl (C=O) groups excluding carboxylic acids is 1. The molecule has 128 valence electrons. The minimum absolute atomic E-state index is 0.168. The third kappa shape index (κ3) is 5.26. The zero-order chi connectivity index (χ0) is 17.4. The van der Waals surface area contributed by atoms with Crippen LogP contribution in [0.5, 0.6) is 5.75 Å². The van der Waals surface area contributed by atoms with Crippen molar-refractivity contribution >= 4 is 11.6 Å². The molecule has 0 spiro atoms. The molecule has 0 aliphatic rings. The van der Waals surface area contributed by atoms with Crippen LogP contribution in [0.3, 0.4) is 0 Å². The van der Waals surface area contributed by atoms with Gasteiger partial charge in [-0.1, -0.05) is 32.0 Å². The van der Waals surface area contributed by atoms with E-state index >= 15 is 0 Å². The molecule has 5 heteroatoms. The lowest BCUT2D eigenvalue weighted by Gasteiger charge is -2.11. The van der Waals surface area contributed by atoms with Gasteiger partial charge in [0.25, 0.3) is 5.91 Å². The van der Waals surface area contributed by atoms with Crippen molar-refractivity contribution in [3.63, 3.8) is 0 Å². The summed E-state index contributed by atoms with van der Waals surface area (Å²) in [7, 11) is 1.65. The third-order valence-electron chi connectivity index (χ3n) is 3.58. The lowest BCUT2D eigenvalue weighted by atomic mass is 10.1. The third-order valence-corrected chi connectivity index (χ3v) is 3.58. The number of ether oxygens (including phenoxy) is 1. The highest BCUT2D eigenvalue weighted by atomic mass is 16.5. The molecule has 0 bridgehead atoms. The number of anilines is 1. The van der Waals surface area contributed by atoms with E-state index in [1.807, 2.05) is 30.3 Å². The molecule has 5 nitrogen and oxygen atoms in total. The van der Waals surface area contributed by atoms with Gasteiger partial charge in [0.05, 0.1) is 7.11 Å². The molecular formula is C19H25N3O2. The van der Waals surface area contributed by atoms with Crippen molar-refractivity contribution < 1.29 is 9.53 Å². The van der Waals surface area contributed by atoms with Crippen LogP contribution < -0.4 is 15.4 Å². The molecular weight excluding hydrogens is 302 g/mol. The summed E-state index contributed by atoms with van der Waals surface area (Å²) in [6.07, 6.45) is 2.36. The number of carbonyl (C=O) groups is 1. The maximum absolute atomic E-state index is 12.2. The number of amides is 1. The van der Waals surface area contributed by atoms with Gasteiger partial charge >= 0.3 is 0 Å². The normalized spacial score (nSPS) is 10.5. The van der Waals surface area contributed by atoms with E-state index in [4.69, 9.17) is 4.74 Å². The number of pyridine rings is 1. The number of nitrogens with zero attached hydrogens (tertiary/aromatic N) is 1. The fourth-order valence-electron chi connectivity index (χ4n) is 2.30. The van der Waals surface area contributed by atoms with Gasteiger partial charge in [-0.05, 0) is 36.1 Å². The molecule has 0 aliphatic heterocycles. The van der Waals surface area contributed by atoms with Gasteiger partial charge in [-0.3, -0.25) is 9.78 Å². The van der Waals surface area contributed by atoms with Crippen LogP contribution in [0.15, 0.2) is 42.6 Å². The van der Waals surface area contributed by atoms with Crippen LogP contribution >= 0.6 is 0 Å². The summed E-state index contributed by atoms with van der Waals surface area (Å²) in [5.41, 5.74) is 2.40. The molecule has 0 radical (unpaired) electrons. The maximum atomic E-state index is 12.2. The minimum Gasteiger partial charge on any atom is -0.496 e. The molecule has 2 rings (SSSR count). The molecule has 1 aromatic carbocycles. The molecule has 1 heterocycles. The summed E-state index contributed by atoms with van der Waals surface area (Å²) in [5, 5.41) is 6.21. The summed E-state index contributed by atoms with van der Waals surface area (Å²) in [6.45, 7) is 5.67. The number of methoxy groups -OCH3 is 1. The quantitative estimate of drug-likeness (QED) is 0.782. The van der Waals surface area contributed by atoms with Crippen LogP contribution in [0.2, 0.25) is 0 Å². The first-order valence-corrected chi connectivity index (χ1v) is 8.20. The number of aromatic nitrogens is 1. The Balaban J connectivity index is 1.89. The topological polar surface area (TPSA) is 63.2 Å². The second kappa shape index (κ2) is 8.91. The van der Waals surface area contributed by atoms with E-state index in [1.165, 1.54) is 0 Å². The number of hydrogen-bond acceptors (Lipinski definition) is 4. The van der Waals surface area contributed by atoms with Gasteiger partial charge in [-0.25, -0.2) is 0 Å². The van der Waals surface area contributed by atoms with E-state index in [9.17, 15) is 4.79 Å². The molecule has 2 aromatic rings. The zero-order valence-corrected chi connectivity index (χ0v) is 14.5. The monoisotopic (exact) mass is 327 g/mol. The van der Waals surface area contributed by atoms with Crippen LogP contribution in [-0.2, 0) is 6.42 Å². The van der Waals surface area contributed by atoms with Gasteiger partial charge in [0.15, 0.2) is 0 Å². The van der Waals surface area contributed by atoms with E-state index in [0.717, 1.165) is 23.5 Å². The second-order valence-corrected chi connectivity index (χ2v) is 6.02. The van der Waals surface area contributed by atoms with Gasteiger partial charge in [0, 0.05) is 25.0 Å². The highest BCUT2D eigenvalue weighted by molar-refractivity contribution is 5.93. The molecule has 0 fully saturated rings. The van der Waals surface area contributed by atoms with E-state index in [-0.39, 0.29) is 5.91 Å². The van der Waals surface area contributed by atoms with Gasteiger partial charge < -0.3 is 15.4 Å². The van der Waals surface area contributed by atoms with Crippen molar-refractivity contribution in [1.82, 2.24) is 10.3 Å². The highest BCUT2D eigenvalue weighted by Gasteiger charge is 2.08. The van der Waals surface area contributed by atoms with Crippen molar-refractivity contribution in [2.75, 3.05) is 25.5 Å². The number of hydrogen-bond donors (Lipinski definition) is 2. The van der Waals surface area contributed by atoms with Crippen molar-refractivity contribution in [2.45, 2.75) is 20.3 Å². The molecule has 0 unspecified atom stereocenters. The van der Waals surface area contributed by atoms with Crippen molar-refractivity contribution in [2.24, 2.45) is 5.92 Å². The van der Waals surface area contributed by atoms with Crippen LogP contribution in [0.1, 0.15) is 29.9 Å². The molecule has 1 aromatic heterocycles. The predicted octanol–water partition coefficient (Wildman–Crippen LogP) is 3.13. The Hall–Kier alpha value is -2.56. The van der Waals surface area contributed by atoms with Crippen LogP contribution in [-0.4, -0.2) is 31.1 Å². The number of nitrogens with one attached hydrogen (secondary N) is 2. The first-order chi connectivity index (χ1) is 11.6. The Morgan fingerprint density at radius 3 is 2.79 bits per heavy atom. The van der Waals surface area contributed by atoms with E-state index < -0.39 is 0 Å². The molecule has 1 amide bonds. The van der Waals surface area contributed by atoms with E-state index in [1.54, 1.807) is 19.4 Å². The lowest BCUT2D eigenvalue weighted by molar-refractivity contribution is 0.0949. The first kappa shape index (κ1) is 17.8. The average Bonchev–Trinajstić information content (AvgIpc) is 2.60. The molecule has 24 heavy (non-hydrogen) atoms. The van der Waals surface area contributed by atoms with Gasteiger partial charge in [0.2, 0.25) is 0 Å². The van der Waals surface area contributed by atoms with Crippen molar-refractivity contribution in [1.29, 1.82) is 0 Å². The Morgan fingerprint density at radius 1 is 1.25 bits per heavy atom. The Morgan fingerprint density at radius 2 is 2.04 bits per heavy atom. The number of para-hydroxylation sites is 1. The van der Waals surface area contributed by atoms with Crippen LogP contribution in [0, 0.1) is 5.92 Å². The maximum Gasteiger partial charge on any atom is 0.269 e. The number of benzene rings is 1. The van der Waals surface area contributed by atoms with Crippen LogP contribution in [0.25, 0.3) is 0 Å². The molecule has 2 N–H and O–H groups in total. The predicted molar refractivity (Wildman–Crippen MR) is 96.6 cm³/mol. The van der Waals surface area contributed by atoms with E-state index in [0.29, 0.717) is 24.6 Å². The summed E-state index contributed by atoms with van der Waals surface area (Å²) in [5.74, 6) is 1.21. The lowest BCUT2D eigenvalue weighted by Crippen LogP contribution is -2.26. The Labute approximate surface area is 143 Å². The highest BCUT2D eigenvalue weighted by Crippen LogP contribution is 2.17. The standard InChI is InChI=1S/C19H25N3O2/c1-14(2)13-22-16-9-11-20-17(12-16)19(23)21-10-8-15-6-4-5-7-18(15)24-3/h4-7,9,11-12,14H,8,10,13H2,1-3H3,(H,20,22)(H,21,23). The molecule has 0 aliphatic carbocycles. The Kier molecular flexibility index (Phi) is 6.61. The molecule has 0 saturated heterocycles. The van der Waals surface area contributed by atoms with Crippen LogP contribution in [0.4, 0.5) is 5.69 Å². The largest absolute Gasteiger partial charge is 0.496 e. The SMILES string of the molecule is COc1ccccc1CCNC(=O)c1cc(NCC(C)C)ccn1. The summed E-state index contributed by atoms with van der Waals surface area (Å²) in [4.78, 5) is 16.4. The van der Waals surface area contributed by atoms with Gasteiger partial charge in [-0.15, -0.1) is 0 Å². The summed E-state index contributed by atoms with van der Waals surface area (Å²) < 4.78 is 5.32. The smallest absolute Gasteiger partial charge is 0.269 e. The van der Waals surface area contributed by atoms with Crippen molar-refractivity contribution in [3.05, 3.63) is 53.9 Å². The van der Waals surface area contributed by atoms with E-state index in [2.05, 4.69) is 29.5 Å². The summed E-state index contributed by atoms with van der Waals surface area (Å²) in [6, 6.07) is 11.5. The summed E-state index contributed by atoms with van der Waals surface area (Å²) >= 11 is 0. The molecule has 0 saturated carbocycles. The fraction of sp³-hybridized carbons (Fsp3) is 0.368. The number of rotatable bonds is 8. The van der Waals surface area contributed by atoms with Crippen molar-refractivity contribution in [3.8, 4) is 5.75 Å². The minimum atomic E-state index is -0.168. The average molecular weight is 327 g/mol. The van der Waals surface area contributed by atoms with Gasteiger partial charge in [0.1, 0.15) is 11.4 Å². The van der Waals surface area contributed by atoms with Gasteiger partial charge in [-0.2, -0.15) is 0 Å².